The van der Waals surface area contributed by atoms with Gasteiger partial charge in [-0.25, -0.2) is 0 Å². The number of hydrogen-bond acceptors (Lipinski definition) is 4. The van der Waals surface area contributed by atoms with Crippen molar-refractivity contribution in [3.05, 3.63) is 90.0 Å². The fourth-order valence-corrected chi connectivity index (χ4v) is 4.84. The predicted molar refractivity (Wildman–Crippen MR) is 135 cm³/mol. The lowest BCUT2D eigenvalue weighted by Gasteiger charge is -2.26. The number of nitrogens with one attached hydrogen (secondary N) is 1. The molecule has 1 aliphatic rings. The minimum Gasteiger partial charge on any atom is -0.484 e. The number of para-hydroxylation sites is 1. The minimum absolute atomic E-state index is 0.0585. The smallest absolute Gasteiger partial charge is 0.262 e. The van der Waals surface area contributed by atoms with Crippen LogP contribution >= 0.6 is 11.8 Å². The number of ether oxygens (including phenoxy) is 1. The molecule has 0 aliphatic carbocycles. The number of rotatable bonds is 6. The van der Waals surface area contributed by atoms with Gasteiger partial charge in [0.1, 0.15) is 11.1 Å². The Morgan fingerprint density at radius 1 is 1.00 bits per heavy atom. The molecule has 1 atom stereocenters. The van der Waals surface area contributed by atoms with E-state index in [4.69, 9.17) is 4.74 Å². The van der Waals surface area contributed by atoms with Crippen LogP contribution in [0.5, 0.6) is 5.75 Å². The van der Waals surface area contributed by atoms with E-state index in [2.05, 4.69) is 38.2 Å². The summed E-state index contributed by atoms with van der Waals surface area (Å²) in [6.45, 7) is 6.47. The zero-order valence-corrected chi connectivity index (χ0v) is 19.9. The van der Waals surface area contributed by atoms with Crippen molar-refractivity contribution in [3.63, 3.8) is 0 Å². The first-order valence-corrected chi connectivity index (χ1v) is 12.0. The van der Waals surface area contributed by atoms with Crippen LogP contribution in [0.2, 0.25) is 0 Å². The van der Waals surface area contributed by atoms with Gasteiger partial charge >= 0.3 is 0 Å². The molecule has 5 nitrogen and oxygen atoms in total. The van der Waals surface area contributed by atoms with Gasteiger partial charge in [0, 0.05) is 11.4 Å². The maximum Gasteiger partial charge on any atom is 0.262 e. The number of anilines is 2. The third kappa shape index (κ3) is 5.57. The number of thioether (sulfide) groups is 1. The van der Waals surface area contributed by atoms with Gasteiger partial charge in [-0.2, -0.15) is 0 Å². The van der Waals surface area contributed by atoms with E-state index in [0.717, 1.165) is 11.3 Å². The maximum atomic E-state index is 12.7. The molecule has 1 saturated heterocycles. The lowest BCUT2D eigenvalue weighted by Crippen LogP contribution is -2.28. The second kappa shape index (κ2) is 9.71. The van der Waals surface area contributed by atoms with Crippen molar-refractivity contribution in [2.75, 3.05) is 22.6 Å². The van der Waals surface area contributed by atoms with Gasteiger partial charge in [-0.15, -0.1) is 11.8 Å². The van der Waals surface area contributed by atoms with E-state index in [9.17, 15) is 9.59 Å². The molecule has 4 rings (SSSR count). The molecule has 1 heterocycles. The number of carbonyl (C=O) groups is 2. The van der Waals surface area contributed by atoms with Crippen molar-refractivity contribution in [1.29, 1.82) is 0 Å². The quantitative estimate of drug-likeness (QED) is 0.507. The normalized spacial score (nSPS) is 16.0. The van der Waals surface area contributed by atoms with Crippen LogP contribution in [0.3, 0.4) is 0 Å². The molecule has 0 radical (unpaired) electrons. The molecule has 0 spiro atoms. The second-order valence-corrected chi connectivity index (χ2v) is 10.1. The van der Waals surface area contributed by atoms with Crippen LogP contribution in [-0.2, 0) is 15.0 Å². The molecule has 3 aromatic carbocycles. The molecule has 0 saturated carbocycles. The maximum absolute atomic E-state index is 12.7. The molecule has 0 bridgehead atoms. The van der Waals surface area contributed by atoms with Crippen molar-refractivity contribution in [2.45, 2.75) is 31.6 Å². The molecule has 6 heteroatoms. The highest BCUT2D eigenvalue weighted by molar-refractivity contribution is 8.00. The molecule has 3 aromatic rings. The summed E-state index contributed by atoms with van der Waals surface area (Å²) in [5.41, 5.74) is 3.91. The zero-order valence-electron chi connectivity index (χ0n) is 19.1. The summed E-state index contributed by atoms with van der Waals surface area (Å²) in [4.78, 5) is 26.7. The van der Waals surface area contributed by atoms with Gasteiger partial charge in [-0.05, 0) is 52.9 Å². The summed E-state index contributed by atoms with van der Waals surface area (Å²) in [6, 6.07) is 25.1. The van der Waals surface area contributed by atoms with E-state index < -0.39 is 0 Å². The Hall–Kier alpha value is -3.25. The summed E-state index contributed by atoms with van der Waals surface area (Å²) in [5.74, 6) is 0.976. The SMILES string of the molecule is CC(C)(C)c1ccc(N2C(=O)CS[C@H]2c2ccc(NC(=O)COc3ccccc3)cc2)cc1. The average Bonchev–Trinajstić information content (AvgIpc) is 3.20. The largest absolute Gasteiger partial charge is 0.484 e. The first kappa shape index (κ1) is 22.9. The van der Waals surface area contributed by atoms with Crippen molar-refractivity contribution in [1.82, 2.24) is 0 Å². The van der Waals surface area contributed by atoms with Crippen molar-refractivity contribution < 1.29 is 14.3 Å². The molecule has 0 unspecified atom stereocenters. The van der Waals surface area contributed by atoms with Crippen LogP contribution in [0.15, 0.2) is 78.9 Å². The Kier molecular flexibility index (Phi) is 6.75. The van der Waals surface area contributed by atoms with Crippen molar-refractivity contribution in [2.24, 2.45) is 0 Å². The first-order chi connectivity index (χ1) is 15.8. The van der Waals surface area contributed by atoms with E-state index in [0.29, 0.717) is 17.2 Å². The molecular weight excluding hydrogens is 432 g/mol. The average molecular weight is 461 g/mol. The fourth-order valence-electron chi connectivity index (χ4n) is 3.67. The van der Waals surface area contributed by atoms with Gasteiger partial charge in [0.15, 0.2) is 6.61 Å². The van der Waals surface area contributed by atoms with E-state index in [-0.39, 0.29) is 29.2 Å². The fraction of sp³-hybridized carbons (Fsp3) is 0.259. The lowest BCUT2D eigenvalue weighted by molar-refractivity contribution is -0.118. The third-order valence-electron chi connectivity index (χ3n) is 5.47. The molecule has 1 fully saturated rings. The summed E-state index contributed by atoms with van der Waals surface area (Å²) in [7, 11) is 0. The second-order valence-electron chi connectivity index (χ2n) is 9.00. The van der Waals surface area contributed by atoms with E-state index in [1.54, 1.807) is 11.8 Å². The highest BCUT2D eigenvalue weighted by atomic mass is 32.2. The van der Waals surface area contributed by atoms with E-state index >= 15 is 0 Å². The molecule has 0 aromatic heterocycles. The molecule has 1 aliphatic heterocycles. The molecule has 170 valence electrons. The summed E-state index contributed by atoms with van der Waals surface area (Å²) in [6.07, 6.45) is 0. The van der Waals surface area contributed by atoms with Gasteiger partial charge in [-0.3, -0.25) is 14.5 Å². The van der Waals surface area contributed by atoms with Gasteiger partial charge in [0.05, 0.1) is 5.75 Å². The Balaban J connectivity index is 1.42. The summed E-state index contributed by atoms with van der Waals surface area (Å²) in [5, 5.41) is 2.76. The highest BCUT2D eigenvalue weighted by Gasteiger charge is 2.34. The molecular formula is C27H28N2O3S. The Labute approximate surface area is 199 Å². The number of hydrogen-bond donors (Lipinski definition) is 1. The number of amides is 2. The van der Waals surface area contributed by atoms with Crippen LogP contribution in [0.4, 0.5) is 11.4 Å². The number of carbonyl (C=O) groups excluding carboxylic acids is 2. The minimum atomic E-state index is -0.224. The lowest BCUT2D eigenvalue weighted by atomic mass is 9.87. The van der Waals surface area contributed by atoms with Crippen LogP contribution in [-0.4, -0.2) is 24.2 Å². The monoisotopic (exact) mass is 460 g/mol. The van der Waals surface area contributed by atoms with Crippen molar-refractivity contribution in [3.8, 4) is 5.75 Å². The van der Waals surface area contributed by atoms with Crippen LogP contribution in [0.25, 0.3) is 0 Å². The number of benzene rings is 3. The van der Waals surface area contributed by atoms with Gasteiger partial charge in [0.2, 0.25) is 5.91 Å². The standard InChI is InChI=1S/C27H28N2O3S/c1-27(2,3)20-11-15-22(16-12-20)29-25(31)18-33-26(29)19-9-13-21(14-10-19)28-24(30)17-32-23-7-5-4-6-8-23/h4-16,26H,17-18H2,1-3H3,(H,28,30)/t26-/m0/s1. The highest BCUT2D eigenvalue weighted by Crippen LogP contribution is 2.42. The third-order valence-corrected chi connectivity index (χ3v) is 6.68. The Morgan fingerprint density at radius 3 is 2.30 bits per heavy atom. The molecule has 33 heavy (non-hydrogen) atoms. The van der Waals surface area contributed by atoms with Crippen LogP contribution in [0.1, 0.15) is 37.3 Å². The molecule has 1 N–H and O–H groups in total. The van der Waals surface area contributed by atoms with Gasteiger partial charge in [-0.1, -0.05) is 63.2 Å². The summed E-state index contributed by atoms with van der Waals surface area (Å²) >= 11 is 1.61. The van der Waals surface area contributed by atoms with Gasteiger partial charge in [0.25, 0.3) is 5.91 Å². The predicted octanol–water partition coefficient (Wildman–Crippen LogP) is 5.78. The Bertz CT molecular complexity index is 1110. The van der Waals surface area contributed by atoms with Crippen molar-refractivity contribution >= 4 is 35.0 Å². The summed E-state index contributed by atoms with van der Waals surface area (Å²) < 4.78 is 5.49. The zero-order chi connectivity index (χ0) is 23.4. The molecule has 2 amide bonds. The van der Waals surface area contributed by atoms with Crippen LogP contribution in [0, 0.1) is 0 Å². The first-order valence-electron chi connectivity index (χ1n) is 10.9. The van der Waals surface area contributed by atoms with Crippen LogP contribution < -0.4 is 15.0 Å². The van der Waals surface area contributed by atoms with E-state index in [1.807, 2.05) is 71.6 Å². The Morgan fingerprint density at radius 2 is 1.67 bits per heavy atom. The van der Waals surface area contributed by atoms with Gasteiger partial charge < -0.3 is 10.1 Å². The van der Waals surface area contributed by atoms with E-state index in [1.165, 1.54) is 5.56 Å². The number of nitrogens with zero attached hydrogens (tertiary/aromatic N) is 1. The topological polar surface area (TPSA) is 58.6 Å².